The molecular weight excluding hydrogens is 312 g/mol. The van der Waals surface area contributed by atoms with Gasteiger partial charge in [-0.05, 0) is 36.8 Å². The molecule has 4 rings (SSSR count). The van der Waals surface area contributed by atoms with E-state index >= 15 is 0 Å². The second-order valence-electron chi connectivity index (χ2n) is 5.86. The zero-order valence-corrected chi connectivity index (χ0v) is 13.8. The molecule has 4 nitrogen and oxygen atoms in total. The number of hydrogen-bond acceptors (Lipinski definition) is 3. The summed E-state index contributed by atoms with van der Waals surface area (Å²) in [5.74, 6) is 0. The monoisotopic (exact) mass is 328 g/mol. The summed E-state index contributed by atoms with van der Waals surface area (Å²) in [5.41, 5.74) is 4.94. The lowest BCUT2D eigenvalue weighted by molar-refractivity contribution is 0.561. The summed E-state index contributed by atoms with van der Waals surface area (Å²) in [4.78, 5) is 16.7. The van der Waals surface area contributed by atoms with E-state index in [1.807, 2.05) is 72.0 Å². The molecule has 25 heavy (non-hydrogen) atoms. The van der Waals surface area contributed by atoms with E-state index in [-0.39, 0.29) is 0 Å². The molecule has 0 N–H and O–H groups in total. The Bertz CT molecular complexity index is 1240. The van der Waals surface area contributed by atoms with Crippen molar-refractivity contribution < 1.29 is 4.42 Å². The van der Waals surface area contributed by atoms with E-state index in [2.05, 4.69) is 11.6 Å². The van der Waals surface area contributed by atoms with E-state index < -0.39 is 5.63 Å². The van der Waals surface area contributed by atoms with E-state index in [4.69, 9.17) is 4.42 Å². The van der Waals surface area contributed by atoms with Crippen LogP contribution in [0.15, 0.2) is 82.1 Å². The Kier molecular flexibility index (Phi) is 3.58. The first-order chi connectivity index (χ1) is 12.2. The normalized spacial score (nSPS) is 12.6. The van der Waals surface area contributed by atoms with Gasteiger partial charge in [0.05, 0.1) is 16.6 Å². The molecule has 0 saturated carbocycles. The van der Waals surface area contributed by atoms with Gasteiger partial charge in [-0.25, -0.2) is 9.78 Å². The summed E-state index contributed by atoms with van der Waals surface area (Å²) in [6, 6.07) is 13.5. The summed E-state index contributed by atoms with van der Waals surface area (Å²) in [6.07, 6.45) is 7.61. The maximum Gasteiger partial charge on any atom is 0.380 e. The topological polar surface area (TPSA) is 47.5 Å². The lowest BCUT2D eigenvalue weighted by atomic mass is 10.1. The van der Waals surface area contributed by atoms with E-state index in [9.17, 15) is 4.79 Å². The number of imidazole rings is 1. The minimum atomic E-state index is -0.437. The van der Waals surface area contributed by atoms with Crippen LogP contribution >= 0.6 is 0 Å². The maximum absolute atomic E-state index is 12.3. The van der Waals surface area contributed by atoms with Crippen molar-refractivity contribution in [1.29, 1.82) is 0 Å². The van der Waals surface area contributed by atoms with Crippen LogP contribution in [0.5, 0.6) is 0 Å². The van der Waals surface area contributed by atoms with Gasteiger partial charge >= 0.3 is 5.63 Å². The van der Waals surface area contributed by atoms with Gasteiger partial charge in [-0.3, -0.25) is 4.40 Å². The van der Waals surface area contributed by atoms with Gasteiger partial charge in [0.2, 0.25) is 5.65 Å². The van der Waals surface area contributed by atoms with Crippen LogP contribution in [0.2, 0.25) is 0 Å². The molecule has 0 unspecified atom stereocenters. The highest BCUT2D eigenvalue weighted by Gasteiger charge is 2.12. The van der Waals surface area contributed by atoms with Crippen molar-refractivity contribution in [2.75, 3.05) is 0 Å². The maximum atomic E-state index is 12.3. The Morgan fingerprint density at radius 2 is 2.04 bits per heavy atom. The van der Waals surface area contributed by atoms with E-state index in [0.717, 1.165) is 27.7 Å². The van der Waals surface area contributed by atoms with Crippen LogP contribution in [0.3, 0.4) is 0 Å². The molecule has 0 radical (unpaired) electrons. The molecular formula is C21H16N2O2. The number of nitrogens with zero attached hydrogens (tertiary/aromatic N) is 2. The Hall–Kier alpha value is -3.40. The van der Waals surface area contributed by atoms with Gasteiger partial charge in [0.15, 0.2) is 5.58 Å². The molecule has 2 heterocycles. The van der Waals surface area contributed by atoms with Crippen LogP contribution in [0.25, 0.3) is 33.9 Å². The number of allylic oxidation sites excluding steroid dienone is 4. The fourth-order valence-corrected chi connectivity index (χ4v) is 2.97. The zero-order chi connectivity index (χ0) is 17.4. The first-order valence-electron chi connectivity index (χ1n) is 7.99. The Labute approximate surface area is 144 Å². The fraction of sp³-hybridized carbons (Fsp3) is 0.0476. The highest BCUT2D eigenvalue weighted by molar-refractivity contribution is 5.88. The fourth-order valence-electron chi connectivity index (χ4n) is 2.97. The van der Waals surface area contributed by atoms with Crippen molar-refractivity contribution in [3.05, 3.63) is 88.8 Å². The molecule has 0 aliphatic carbocycles. The summed E-state index contributed by atoms with van der Waals surface area (Å²) in [6.45, 7) is 5.67. The molecule has 0 atom stereocenters. The van der Waals surface area contributed by atoms with Crippen molar-refractivity contribution in [2.45, 2.75) is 6.92 Å². The standard InChI is InChI=1S/C21H16N2O2/c1-3-4-7-14(2)12-15-10-11-18-19(13-15)25-21(24)20-22-16-8-5-6-9-17(16)23(18)20/h3-13H,1H2,2H3/b7-4-,14-12-. The first-order valence-corrected chi connectivity index (χ1v) is 7.99. The van der Waals surface area contributed by atoms with Gasteiger partial charge in [0.25, 0.3) is 0 Å². The third kappa shape index (κ3) is 2.58. The lowest BCUT2D eigenvalue weighted by Gasteiger charge is -2.03. The summed E-state index contributed by atoms with van der Waals surface area (Å²) in [5, 5.41) is 0. The molecule has 0 spiro atoms. The summed E-state index contributed by atoms with van der Waals surface area (Å²) >= 11 is 0. The van der Waals surface area contributed by atoms with Crippen LogP contribution in [-0.4, -0.2) is 9.38 Å². The van der Waals surface area contributed by atoms with Crippen LogP contribution < -0.4 is 5.63 Å². The molecule has 4 heteroatoms. The van der Waals surface area contributed by atoms with Gasteiger partial charge in [0.1, 0.15) is 0 Å². The van der Waals surface area contributed by atoms with Crippen LogP contribution in [-0.2, 0) is 0 Å². The van der Waals surface area contributed by atoms with Crippen LogP contribution in [0.4, 0.5) is 0 Å². The highest BCUT2D eigenvalue weighted by atomic mass is 16.4. The van der Waals surface area contributed by atoms with E-state index in [1.54, 1.807) is 6.08 Å². The molecule has 2 aromatic heterocycles. The Balaban J connectivity index is 1.99. The SMILES string of the molecule is C=C/C=C\C(C)=C/c1ccc2c(c1)oc(=O)c1nc3ccccc3n12. The second kappa shape index (κ2) is 5.91. The number of aromatic nitrogens is 2. The van der Waals surface area contributed by atoms with Gasteiger partial charge in [-0.1, -0.05) is 54.7 Å². The molecule has 0 saturated heterocycles. The lowest BCUT2D eigenvalue weighted by Crippen LogP contribution is -2.05. The molecule has 0 aliphatic heterocycles. The van der Waals surface area contributed by atoms with Gasteiger partial charge in [0, 0.05) is 0 Å². The molecule has 122 valence electrons. The third-order valence-electron chi connectivity index (χ3n) is 4.06. The largest absolute Gasteiger partial charge is 0.418 e. The molecule has 2 aromatic carbocycles. The first kappa shape index (κ1) is 15.1. The van der Waals surface area contributed by atoms with Crippen molar-refractivity contribution >= 4 is 33.9 Å². The van der Waals surface area contributed by atoms with Gasteiger partial charge in [-0.2, -0.15) is 0 Å². The van der Waals surface area contributed by atoms with Gasteiger partial charge < -0.3 is 4.42 Å². The van der Waals surface area contributed by atoms with E-state index in [1.165, 1.54) is 0 Å². The number of fused-ring (bicyclic) bond motifs is 5. The molecule has 0 fully saturated rings. The number of rotatable bonds is 3. The van der Waals surface area contributed by atoms with E-state index in [0.29, 0.717) is 11.2 Å². The van der Waals surface area contributed by atoms with Crippen molar-refractivity contribution in [2.24, 2.45) is 0 Å². The minimum Gasteiger partial charge on any atom is -0.418 e. The number of benzene rings is 2. The van der Waals surface area contributed by atoms with Gasteiger partial charge in [-0.15, -0.1) is 0 Å². The quantitative estimate of drug-likeness (QED) is 0.510. The molecule has 0 bridgehead atoms. The third-order valence-corrected chi connectivity index (χ3v) is 4.06. The molecule has 0 amide bonds. The van der Waals surface area contributed by atoms with Crippen LogP contribution in [0, 0.1) is 0 Å². The smallest absolute Gasteiger partial charge is 0.380 e. The number of para-hydroxylation sites is 2. The van der Waals surface area contributed by atoms with Crippen LogP contribution in [0.1, 0.15) is 12.5 Å². The van der Waals surface area contributed by atoms with Crippen molar-refractivity contribution in [3.63, 3.8) is 0 Å². The molecule has 4 aromatic rings. The second-order valence-corrected chi connectivity index (χ2v) is 5.86. The summed E-state index contributed by atoms with van der Waals surface area (Å²) in [7, 11) is 0. The van der Waals surface area contributed by atoms with Crippen molar-refractivity contribution in [1.82, 2.24) is 9.38 Å². The number of hydrogen-bond donors (Lipinski definition) is 0. The summed E-state index contributed by atoms with van der Waals surface area (Å²) < 4.78 is 7.36. The predicted molar refractivity (Wildman–Crippen MR) is 102 cm³/mol. The zero-order valence-electron chi connectivity index (χ0n) is 13.8. The highest BCUT2D eigenvalue weighted by Crippen LogP contribution is 2.22. The average Bonchev–Trinajstić information content (AvgIpc) is 3.00. The Morgan fingerprint density at radius 1 is 1.20 bits per heavy atom. The molecule has 0 aliphatic rings. The predicted octanol–water partition coefficient (Wildman–Crippen LogP) is 4.74. The Morgan fingerprint density at radius 3 is 2.88 bits per heavy atom. The van der Waals surface area contributed by atoms with Crippen molar-refractivity contribution in [3.8, 4) is 0 Å². The average molecular weight is 328 g/mol. The minimum absolute atomic E-state index is 0.307.